The zero-order valence-electron chi connectivity index (χ0n) is 15.2. The van der Waals surface area contributed by atoms with Gasteiger partial charge in [0.05, 0.1) is 5.52 Å². The monoisotopic (exact) mass is 343 g/mol. The van der Waals surface area contributed by atoms with Crippen LogP contribution in [0.2, 0.25) is 0 Å². The minimum absolute atomic E-state index is 0.0656. The maximum absolute atomic E-state index is 13.3. The second kappa shape index (κ2) is 6.75. The van der Waals surface area contributed by atoms with Crippen LogP contribution in [0.1, 0.15) is 20.3 Å². The highest BCUT2D eigenvalue weighted by Crippen LogP contribution is 2.20. The normalized spacial score (nSPS) is 11.5. The summed E-state index contributed by atoms with van der Waals surface area (Å²) in [5.41, 5.74) is 3.68. The summed E-state index contributed by atoms with van der Waals surface area (Å²) in [6.07, 6.45) is 0.981. The van der Waals surface area contributed by atoms with Crippen LogP contribution in [0.3, 0.4) is 0 Å². The van der Waals surface area contributed by atoms with Crippen molar-refractivity contribution in [2.24, 2.45) is 5.92 Å². The van der Waals surface area contributed by atoms with Crippen molar-refractivity contribution in [3.8, 4) is 11.3 Å². The Hall–Kier alpha value is -2.94. The number of nitrogens with one attached hydrogen (secondary N) is 1. The third-order valence-corrected chi connectivity index (χ3v) is 4.88. The number of para-hydroxylation sites is 2. The fourth-order valence-electron chi connectivity index (χ4n) is 3.40. The van der Waals surface area contributed by atoms with Crippen LogP contribution in [0.25, 0.3) is 33.1 Å². The Balaban J connectivity index is 1.93. The van der Waals surface area contributed by atoms with Crippen molar-refractivity contribution in [3.63, 3.8) is 0 Å². The number of rotatable bonds is 4. The molecular weight excluding hydrogens is 320 g/mol. The second-order valence-corrected chi connectivity index (χ2v) is 7.22. The van der Waals surface area contributed by atoms with Crippen LogP contribution in [-0.2, 0) is 6.54 Å². The summed E-state index contributed by atoms with van der Waals surface area (Å²) in [6, 6.07) is 22.3. The number of aryl methyl sites for hydroxylation is 1. The zero-order chi connectivity index (χ0) is 18.1. The van der Waals surface area contributed by atoms with Crippen LogP contribution in [0, 0.1) is 5.92 Å². The molecular formula is C23H23N2O+. The van der Waals surface area contributed by atoms with E-state index < -0.39 is 0 Å². The minimum atomic E-state index is 0.0656. The predicted molar refractivity (Wildman–Crippen MR) is 107 cm³/mol. The summed E-state index contributed by atoms with van der Waals surface area (Å²) >= 11 is 0. The van der Waals surface area contributed by atoms with Crippen molar-refractivity contribution >= 4 is 21.8 Å². The molecule has 0 aliphatic rings. The highest BCUT2D eigenvalue weighted by atomic mass is 16.1. The fourth-order valence-corrected chi connectivity index (χ4v) is 3.40. The molecule has 2 heterocycles. The number of pyridine rings is 2. The largest absolute Gasteiger partial charge is 0.308 e. The lowest BCUT2D eigenvalue weighted by molar-refractivity contribution is -0.331. The van der Waals surface area contributed by atoms with Crippen molar-refractivity contribution in [3.05, 3.63) is 77.1 Å². The highest BCUT2D eigenvalue weighted by molar-refractivity contribution is 5.84. The van der Waals surface area contributed by atoms with Gasteiger partial charge in [0.15, 0.2) is 0 Å². The topological polar surface area (TPSA) is 36.1 Å². The number of H-pyrrole nitrogens is 1. The quantitative estimate of drug-likeness (QED) is 0.530. The molecule has 0 saturated carbocycles. The second-order valence-electron chi connectivity index (χ2n) is 7.22. The molecule has 0 aliphatic heterocycles. The summed E-state index contributed by atoms with van der Waals surface area (Å²) in [6.45, 7) is 5.11. The summed E-state index contributed by atoms with van der Waals surface area (Å²) in [7, 11) is 0. The van der Waals surface area contributed by atoms with Crippen molar-refractivity contribution < 1.29 is 4.98 Å². The van der Waals surface area contributed by atoms with Crippen molar-refractivity contribution in [2.45, 2.75) is 26.8 Å². The number of hydrogen-bond donors (Lipinski definition) is 0. The van der Waals surface area contributed by atoms with E-state index in [1.165, 1.54) is 0 Å². The van der Waals surface area contributed by atoms with Gasteiger partial charge in [0.1, 0.15) is 5.56 Å². The van der Waals surface area contributed by atoms with Gasteiger partial charge in [-0.2, -0.15) is 0 Å². The van der Waals surface area contributed by atoms with Crippen LogP contribution in [0.4, 0.5) is 0 Å². The molecule has 26 heavy (non-hydrogen) atoms. The molecule has 1 N–H and O–H groups in total. The Morgan fingerprint density at radius 2 is 1.65 bits per heavy atom. The van der Waals surface area contributed by atoms with E-state index in [0.717, 1.165) is 46.0 Å². The van der Waals surface area contributed by atoms with Crippen LogP contribution in [-0.4, -0.2) is 4.57 Å². The Labute approximate surface area is 152 Å². The molecule has 0 aliphatic carbocycles. The number of benzene rings is 2. The molecule has 0 saturated heterocycles. The standard InChI is InChI=1S/C23H22N2O/c1-16(2)13-14-25-22-10-6-4-8-18(22)15-19(23(25)26)21-12-11-17-7-3-5-9-20(17)24-21/h3-12,15-16H,13-14H2,1-2H3/p+1. The van der Waals surface area contributed by atoms with Gasteiger partial charge in [-0.3, -0.25) is 4.79 Å². The lowest BCUT2D eigenvalue weighted by Crippen LogP contribution is -2.25. The SMILES string of the molecule is CC(C)CCn1c(=O)c(-c2ccc3ccccc3[nH+]2)cc2ccccc21. The van der Waals surface area contributed by atoms with Crippen LogP contribution >= 0.6 is 0 Å². The Morgan fingerprint density at radius 3 is 2.46 bits per heavy atom. The summed E-state index contributed by atoms with van der Waals surface area (Å²) in [5.74, 6) is 0.552. The van der Waals surface area contributed by atoms with Gasteiger partial charge in [-0.25, -0.2) is 4.98 Å². The molecule has 3 heteroatoms. The van der Waals surface area contributed by atoms with Crippen molar-refractivity contribution in [1.82, 2.24) is 4.57 Å². The van der Waals surface area contributed by atoms with Crippen LogP contribution < -0.4 is 10.5 Å². The van der Waals surface area contributed by atoms with Crippen LogP contribution in [0.5, 0.6) is 0 Å². The molecule has 0 spiro atoms. The van der Waals surface area contributed by atoms with E-state index in [-0.39, 0.29) is 5.56 Å². The van der Waals surface area contributed by atoms with Gasteiger partial charge in [0, 0.05) is 24.1 Å². The fraction of sp³-hybridized carbons (Fsp3) is 0.217. The van der Waals surface area contributed by atoms with Crippen molar-refractivity contribution in [2.75, 3.05) is 0 Å². The maximum atomic E-state index is 13.3. The molecule has 0 atom stereocenters. The number of aromatic amines is 1. The summed E-state index contributed by atoms with van der Waals surface area (Å²) in [5, 5.41) is 2.23. The molecule has 130 valence electrons. The Bertz CT molecular complexity index is 1140. The minimum Gasteiger partial charge on any atom is -0.308 e. The van der Waals surface area contributed by atoms with E-state index in [9.17, 15) is 4.79 Å². The number of nitrogens with zero attached hydrogens (tertiary/aromatic N) is 1. The highest BCUT2D eigenvalue weighted by Gasteiger charge is 2.16. The first-order valence-corrected chi connectivity index (χ1v) is 9.17. The van der Waals surface area contributed by atoms with Gasteiger partial charge in [-0.15, -0.1) is 0 Å². The lowest BCUT2D eigenvalue weighted by Gasteiger charge is -2.13. The van der Waals surface area contributed by atoms with E-state index in [0.29, 0.717) is 5.92 Å². The van der Waals surface area contributed by atoms with Gasteiger partial charge in [0.2, 0.25) is 11.2 Å². The number of aromatic nitrogens is 2. The number of fused-ring (bicyclic) bond motifs is 2. The van der Waals surface area contributed by atoms with Crippen LogP contribution in [0.15, 0.2) is 71.5 Å². The van der Waals surface area contributed by atoms with E-state index in [4.69, 9.17) is 0 Å². The van der Waals surface area contributed by atoms with Gasteiger partial charge in [-0.1, -0.05) is 44.2 Å². The maximum Gasteiger partial charge on any atom is 0.265 e. The van der Waals surface area contributed by atoms with Gasteiger partial charge < -0.3 is 4.57 Å². The van der Waals surface area contributed by atoms with E-state index in [1.54, 1.807) is 0 Å². The molecule has 3 nitrogen and oxygen atoms in total. The molecule has 0 bridgehead atoms. The average Bonchev–Trinajstić information content (AvgIpc) is 2.66. The van der Waals surface area contributed by atoms with E-state index in [2.05, 4.69) is 37.0 Å². The van der Waals surface area contributed by atoms with E-state index in [1.807, 2.05) is 53.1 Å². The predicted octanol–water partition coefficient (Wildman–Crippen LogP) is 4.68. The van der Waals surface area contributed by atoms with Gasteiger partial charge >= 0.3 is 0 Å². The third kappa shape index (κ3) is 3.01. The zero-order valence-corrected chi connectivity index (χ0v) is 15.2. The molecule has 0 fully saturated rings. The third-order valence-electron chi connectivity index (χ3n) is 4.88. The molecule has 2 aromatic heterocycles. The Morgan fingerprint density at radius 1 is 0.923 bits per heavy atom. The molecule has 0 unspecified atom stereocenters. The molecule has 2 aromatic carbocycles. The molecule has 4 rings (SSSR count). The lowest BCUT2D eigenvalue weighted by atomic mass is 10.1. The number of hydrogen-bond acceptors (Lipinski definition) is 1. The first-order valence-electron chi connectivity index (χ1n) is 9.17. The molecule has 4 aromatic rings. The van der Waals surface area contributed by atoms with Crippen molar-refractivity contribution in [1.29, 1.82) is 0 Å². The summed E-state index contributed by atoms with van der Waals surface area (Å²) in [4.78, 5) is 16.7. The first-order chi connectivity index (χ1) is 12.6. The first kappa shape index (κ1) is 16.5. The smallest absolute Gasteiger partial charge is 0.265 e. The summed E-state index contributed by atoms with van der Waals surface area (Å²) < 4.78 is 1.92. The Kier molecular flexibility index (Phi) is 4.29. The van der Waals surface area contributed by atoms with E-state index >= 15 is 0 Å². The van der Waals surface area contributed by atoms with Gasteiger partial charge in [-0.05, 0) is 42.0 Å². The van der Waals surface area contributed by atoms with Gasteiger partial charge in [0.25, 0.3) is 5.56 Å². The average molecular weight is 343 g/mol. The molecule has 0 radical (unpaired) electrons. The molecule has 0 amide bonds.